The van der Waals surface area contributed by atoms with E-state index in [9.17, 15) is 32.3 Å². The zero-order chi connectivity index (χ0) is 19.7. The molecule has 0 bridgehead atoms. The van der Waals surface area contributed by atoms with Gasteiger partial charge in [0.1, 0.15) is 11.5 Å². The number of amides is 1. The van der Waals surface area contributed by atoms with Gasteiger partial charge in [-0.15, -0.1) is 0 Å². The number of nitrogens with zero attached hydrogens (tertiary/aromatic N) is 2. The van der Waals surface area contributed by atoms with Crippen molar-refractivity contribution in [3.8, 4) is 0 Å². The minimum Gasteiger partial charge on any atom is -0.479 e. The van der Waals surface area contributed by atoms with E-state index < -0.39 is 40.9 Å². The molecule has 0 aliphatic heterocycles. The Bertz CT molecular complexity index is 853. The minimum atomic E-state index is -4.87. The summed E-state index contributed by atoms with van der Waals surface area (Å²) in [5, 5.41) is 11.6. The van der Waals surface area contributed by atoms with Crippen LogP contribution in [0.4, 0.5) is 17.6 Å². The second kappa shape index (κ2) is 6.70. The van der Waals surface area contributed by atoms with Crippen molar-refractivity contribution in [1.82, 2.24) is 15.3 Å². The molecule has 1 unspecified atom stereocenters. The summed E-state index contributed by atoms with van der Waals surface area (Å²) >= 11 is 0. The summed E-state index contributed by atoms with van der Waals surface area (Å²) in [6.45, 7) is 2.36. The highest BCUT2D eigenvalue weighted by Gasteiger charge is 2.39. The Hall–Kier alpha value is -3.04. The molecule has 0 radical (unpaired) electrons. The molecule has 0 fully saturated rings. The maximum atomic E-state index is 13.0. The molecule has 0 aliphatic rings. The van der Waals surface area contributed by atoms with Crippen molar-refractivity contribution in [1.29, 1.82) is 0 Å². The van der Waals surface area contributed by atoms with Crippen molar-refractivity contribution in [2.75, 3.05) is 0 Å². The summed E-state index contributed by atoms with van der Waals surface area (Å²) in [6, 6.07) is 5.29. The fourth-order valence-corrected chi connectivity index (χ4v) is 2.14. The van der Waals surface area contributed by atoms with Crippen LogP contribution in [0.25, 0.3) is 0 Å². The van der Waals surface area contributed by atoms with Crippen LogP contribution in [0.15, 0.2) is 30.3 Å². The number of alkyl halides is 3. The molecule has 2 rings (SSSR count). The molecule has 1 atom stereocenters. The quantitative estimate of drug-likeness (QED) is 0.807. The van der Waals surface area contributed by atoms with Gasteiger partial charge >= 0.3 is 12.1 Å². The Morgan fingerprint density at radius 2 is 1.69 bits per heavy atom. The summed E-state index contributed by atoms with van der Waals surface area (Å²) in [6.07, 6.45) is -4.87. The van der Waals surface area contributed by atoms with Crippen molar-refractivity contribution >= 4 is 11.9 Å². The molecule has 1 amide bonds. The van der Waals surface area contributed by atoms with E-state index in [4.69, 9.17) is 0 Å². The number of carboxylic acids is 1. The predicted molar refractivity (Wildman–Crippen MR) is 80.6 cm³/mol. The Balaban J connectivity index is 2.41. The van der Waals surface area contributed by atoms with E-state index in [0.717, 1.165) is 37.3 Å². The average molecular weight is 371 g/mol. The van der Waals surface area contributed by atoms with Crippen molar-refractivity contribution < 1.29 is 32.3 Å². The zero-order valence-electron chi connectivity index (χ0n) is 13.6. The third-order valence-corrected chi connectivity index (χ3v) is 3.55. The molecule has 0 saturated carbocycles. The van der Waals surface area contributed by atoms with Crippen molar-refractivity contribution in [2.24, 2.45) is 0 Å². The molecular formula is C16H13F4N3O3. The number of carboxylic acid groups (broad SMARTS) is 1. The maximum absolute atomic E-state index is 13.0. The van der Waals surface area contributed by atoms with E-state index in [1.54, 1.807) is 0 Å². The van der Waals surface area contributed by atoms with Crippen molar-refractivity contribution in [2.45, 2.75) is 25.6 Å². The van der Waals surface area contributed by atoms with Crippen molar-refractivity contribution in [3.05, 3.63) is 58.9 Å². The number of aryl methyl sites for hydroxylation is 1. The summed E-state index contributed by atoms with van der Waals surface area (Å²) in [7, 11) is 0. The SMILES string of the molecule is Cc1cc(C(=O)NC(C)(C(=O)O)c2ccc(F)cc2)nc(C(F)(F)F)n1. The van der Waals surface area contributed by atoms with Crippen LogP contribution in [-0.4, -0.2) is 27.0 Å². The second-order valence-corrected chi connectivity index (χ2v) is 5.61. The first kappa shape index (κ1) is 19.3. The van der Waals surface area contributed by atoms with E-state index in [1.807, 2.05) is 0 Å². The van der Waals surface area contributed by atoms with E-state index in [1.165, 1.54) is 6.92 Å². The first-order valence-corrected chi connectivity index (χ1v) is 7.18. The maximum Gasteiger partial charge on any atom is 0.451 e. The zero-order valence-corrected chi connectivity index (χ0v) is 13.6. The fourth-order valence-electron chi connectivity index (χ4n) is 2.14. The monoisotopic (exact) mass is 371 g/mol. The second-order valence-electron chi connectivity index (χ2n) is 5.61. The normalized spacial score (nSPS) is 13.8. The van der Waals surface area contributed by atoms with E-state index in [-0.39, 0.29) is 11.3 Å². The highest BCUT2D eigenvalue weighted by molar-refractivity contribution is 5.96. The van der Waals surface area contributed by atoms with E-state index in [2.05, 4.69) is 15.3 Å². The molecule has 6 nitrogen and oxygen atoms in total. The number of halogens is 4. The molecule has 1 heterocycles. The third kappa shape index (κ3) is 3.95. The van der Waals surface area contributed by atoms with Crippen LogP contribution in [0.3, 0.4) is 0 Å². The average Bonchev–Trinajstić information content (AvgIpc) is 2.53. The predicted octanol–water partition coefficient (Wildman–Crippen LogP) is 2.67. The number of nitrogens with one attached hydrogen (secondary N) is 1. The number of aliphatic carboxylic acids is 1. The van der Waals surface area contributed by atoms with Crippen LogP contribution in [0.1, 0.15) is 34.5 Å². The Labute approximate surface area is 144 Å². The number of hydrogen-bond donors (Lipinski definition) is 2. The lowest BCUT2D eigenvalue weighted by molar-refractivity contribution is -0.145. The molecule has 0 saturated heterocycles. The number of carbonyl (C=O) groups excluding carboxylic acids is 1. The molecule has 2 N–H and O–H groups in total. The molecule has 1 aromatic heterocycles. The standard InChI is InChI=1S/C16H13F4N3O3/c1-8-7-11(22-13(21-8)16(18,19)20)12(24)23-15(2,14(25)26)9-3-5-10(17)6-4-9/h3-7H,1-2H3,(H,23,24)(H,25,26). The minimum absolute atomic E-state index is 0.0292. The summed E-state index contributed by atoms with van der Waals surface area (Å²) in [5.41, 5.74) is -2.74. The lowest BCUT2D eigenvalue weighted by Crippen LogP contribution is -2.49. The lowest BCUT2D eigenvalue weighted by atomic mass is 9.92. The Morgan fingerprint density at radius 3 is 2.19 bits per heavy atom. The van der Waals surface area contributed by atoms with Crippen molar-refractivity contribution in [3.63, 3.8) is 0 Å². The highest BCUT2D eigenvalue weighted by Crippen LogP contribution is 2.27. The molecule has 10 heteroatoms. The van der Waals surface area contributed by atoms with Gasteiger partial charge in [-0.05, 0) is 37.6 Å². The van der Waals surface area contributed by atoms with Gasteiger partial charge < -0.3 is 10.4 Å². The highest BCUT2D eigenvalue weighted by atomic mass is 19.4. The molecular weight excluding hydrogens is 358 g/mol. The summed E-state index contributed by atoms with van der Waals surface area (Å²) in [5.74, 6) is -4.76. The van der Waals surface area contributed by atoms with Crippen LogP contribution in [0, 0.1) is 12.7 Å². The molecule has 0 spiro atoms. The number of carbonyl (C=O) groups is 2. The molecule has 26 heavy (non-hydrogen) atoms. The lowest BCUT2D eigenvalue weighted by Gasteiger charge is -2.26. The van der Waals surface area contributed by atoms with Crippen LogP contribution in [0.2, 0.25) is 0 Å². The van der Waals surface area contributed by atoms with Gasteiger partial charge in [-0.1, -0.05) is 12.1 Å². The first-order chi connectivity index (χ1) is 11.9. The molecule has 2 aromatic rings. The van der Waals surface area contributed by atoms with E-state index in [0.29, 0.717) is 0 Å². The van der Waals surface area contributed by atoms with E-state index >= 15 is 0 Å². The van der Waals surface area contributed by atoms with Gasteiger partial charge in [-0.2, -0.15) is 13.2 Å². The Kier molecular flexibility index (Phi) is 4.97. The number of aromatic nitrogens is 2. The number of rotatable bonds is 4. The molecule has 1 aromatic carbocycles. The molecule has 138 valence electrons. The van der Waals surface area contributed by atoms with Gasteiger partial charge in [0.05, 0.1) is 0 Å². The number of benzene rings is 1. The fraction of sp³-hybridized carbons (Fsp3) is 0.250. The van der Waals surface area contributed by atoms with Crippen LogP contribution < -0.4 is 5.32 Å². The summed E-state index contributed by atoms with van der Waals surface area (Å²) < 4.78 is 51.4. The van der Waals surface area contributed by atoms with Gasteiger partial charge in [-0.3, -0.25) is 4.79 Å². The van der Waals surface area contributed by atoms with Gasteiger partial charge in [0, 0.05) is 5.69 Å². The Morgan fingerprint density at radius 1 is 1.12 bits per heavy atom. The number of hydrogen-bond acceptors (Lipinski definition) is 4. The smallest absolute Gasteiger partial charge is 0.451 e. The summed E-state index contributed by atoms with van der Waals surface area (Å²) in [4.78, 5) is 30.3. The largest absolute Gasteiger partial charge is 0.479 e. The van der Waals surface area contributed by atoms with Gasteiger partial charge in [0.15, 0.2) is 5.54 Å². The van der Waals surface area contributed by atoms with Gasteiger partial charge in [0.2, 0.25) is 5.82 Å². The van der Waals surface area contributed by atoms with Gasteiger partial charge in [-0.25, -0.2) is 19.2 Å². The van der Waals surface area contributed by atoms with Gasteiger partial charge in [0.25, 0.3) is 5.91 Å². The first-order valence-electron chi connectivity index (χ1n) is 7.18. The topological polar surface area (TPSA) is 92.2 Å². The molecule has 0 aliphatic carbocycles. The van der Waals surface area contributed by atoms with Crippen LogP contribution in [0.5, 0.6) is 0 Å². The third-order valence-electron chi connectivity index (χ3n) is 3.55. The van der Waals surface area contributed by atoms with Crippen LogP contribution >= 0.6 is 0 Å². The van der Waals surface area contributed by atoms with Crippen LogP contribution in [-0.2, 0) is 16.5 Å².